The van der Waals surface area contributed by atoms with Crippen molar-refractivity contribution >= 4 is 6.16 Å². The van der Waals surface area contributed by atoms with Gasteiger partial charge in [-0.3, -0.25) is 0 Å². The molecular formula is C7H10N2O3. The third kappa shape index (κ3) is 41.1. The molecule has 0 aliphatic rings. The Kier molecular flexibility index (Phi) is 12.9. The van der Waals surface area contributed by atoms with Gasteiger partial charge in [0, 0.05) is 12.8 Å². The molecule has 0 fully saturated rings. The monoisotopic (exact) mass is 170 g/mol. The Bertz CT molecular complexity index is 170. The molecule has 0 aromatic rings. The van der Waals surface area contributed by atoms with Gasteiger partial charge in [-0.25, -0.2) is 4.79 Å². The summed E-state index contributed by atoms with van der Waals surface area (Å²) >= 11 is 0. The van der Waals surface area contributed by atoms with E-state index in [0.29, 0.717) is 12.8 Å². The van der Waals surface area contributed by atoms with Crippen molar-refractivity contribution in [2.75, 3.05) is 0 Å². The third-order valence-corrected chi connectivity index (χ3v) is 0.827. The molecule has 0 saturated heterocycles. The molecule has 0 spiro atoms. The van der Waals surface area contributed by atoms with Gasteiger partial charge >= 0.3 is 6.16 Å². The molecule has 5 nitrogen and oxygen atoms in total. The lowest BCUT2D eigenvalue weighted by molar-refractivity contribution is 0.137. The van der Waals surface area contributed by atoms with Crippen molar-refractivity contribution in [3.8, 4) is 12.1 Å². The van der Waals surface area contributed by atoms with Crippen LogP contribution in [0.15, 0.2) is 0 Å². The molecule has 0 aliphatic carbocycles. The standard InChI is InChI=1S/C6H8N2.CH2O3/c7-5-3-1-2-4-6-8;2-1(3)4/h1-4H2;(H2,2,3,4). The maximum Gasteiger partial charge on any atom is 0.503 e. The zero-order chi connectivity index (χ0) is 9.82. The van der Waals surface area contributed by atoms with Gasteiger partial charge in [0.05, 0.1) is 12.1 Å². The summed E-state index contributed by atoms with van der Waals surface area (Å²) in [5.41, 5.74) is 0. The predicted octanol–water partition coefficient (Wildman–Crippen LogP) is 1.82. The summed E-state index contributed by atoms with van der Waals surface area (Å²) < 4.78 is 0. The third-order valence-electron chi connectivity index (χ3n) is 0.827. The summed E-state index contributed by atoms with van der Waals surface area (Å²) in [7, 11) is 0. The lowest BCUT2D eigenvalue weighted by Crippen LogP contribution is -1.81. The van der Waals surface area contributed by atoms with E-state index < -0.39 is 6.16 Å². The molecule has 0 unspecified atom stereocenters. The number of carbonyl (C=O) groups is 1. The molecule has 5 heteroatoms. The Balaban J connectivity index is 0. The zero-order valence-electron chi connectivity index (χ0n) is 6.53. The van der Waals surface area contributed by atoms with E-state index in [1.54, 1.807) is 0 Å². The van der Waals surface area contributed by atoms with Crippen LogP contribution in [0.5, 0.6) is 0 Å². The van der Waals surface area contributed by atoms with Crippen LogP contribution in [-0.2, 0) is 0 Å². The van der Waals surface area contributed by atoms with Crippen molar-refractivity contribution in [1.29, 1.82) is 10.5 Å². The van der Waals surface area contributed by atoms with Crippen LogP contribution in [0, 0.1) is 22.7 Å². The fourth-order valence-corrected chi connectivity index (χ4v) is 0.408. The Labute approximate surface area is 70.5 Å². The van der Waals surface area contributed by atoms with E-state index in [1.165, 1.54) is 0 Å². The first kappa shape index (κ1) is 12.9. The van der Waals surface area contributed by atoms with Gasteiger partial charge in [-0.1, -0.05) is 0 Å². The minimum Gasteiger partial charge on any atom is -0.450 e. The number of hydrogen-bond donors (Lipinski definition) is 2. The molecule has 0 heterocycles. The Morgan fingerprint density at radius 2 is 1.33 bits per heavy atom. The molecule has 0 radical (unpaired) electrons. The highest BCUT2D eigenvalue weighted by molar-refractivity contribution is 5.53. The number of rotatable bonds is 3. The molecule has 66 valence electrons. The highest BCUT2D eigenvalue weighted by atomic mass is 16.6. The van der Waals surface area contributed by atoms with Gasteiger partial charge in [0.15, 0.2) is 0 Å². The van der Waals surface area contributed by atoms with Crippen LogP contribution in [0.3, 0.4) is 0 Å². The average Bonchev–Trinajstić information content (AvgIpc) is 1.97. The SMILES string of the molecule is N#CCCCCC#N.O=C(O)O. The molecule has 0 rings (SSSR count). The van der Waals surface area contributed by atoms with Crippen LogP contribution in [0.4, 0.5) is 4.79 Å². The molecule has 0 aromatic heterocycles. The average molecular weight is 170 g/mol. The normalized spacial score (nSPS) is 6.83. The summed E-state index contributed by atoms with van der Waals surface area (Å²) in [6, 6.07) is 4.03. The predicted molar refractivity (Wildman–Crippen MR) is 40.3 cm³/mol. The van der Waals surface area contributed by atoms with Crippen molar-refractivity contribution in [3.63, 3.8) is 0 Å². The lowest BCUT2D eigenvalue weighted by atomic mass is 10.2. The molecule has 0 saturated carbocycles. The van der Waals surface area contributed by atoms with Crippen LogP contribution in [0.2, 0.25) is 0 Å². The minimum absolute atomic E-state index is 0.585. The van der Waals surface area contributed by atoms with E-state index in [0.717, 1.165) is 12.8 Å². The van der Waals surface area contributed by atoms with Gasteiger partial charge in [0.25, 0.3) is 0 Å². The highest BCUT2D eigenvalue weighted by Gasteiger charge is 1.83. The number of carboxylic acid groups (broad SMARTS) is 2. The van der Waals surface area contributed by atoms with E-state index in [-0.39, 0.29) is 0 Å². The van der Waals surface area contributed by atoms with Crippen LogP contribution < -0.4 is 0 Å². The molecule has 2 N–H and O–H groups in total. The van der Waals surface area contributed by atoms with Crippen LogP contribution >= 0.6 is 0 Å². The van der Waals surface area contributed by atoms with Crippen molar-refractivity contribution in [2.45, 2.75) is 25.7 Å². The summed E-state index contributed by atoms with van der Waals surface area (Å²) in [6.45, 7) is 0. The highest BCUT2D eigenvalue weighted by Crippen LogP contribution is 1.95. The molecule has 0 aromatic carbocycles. The molecule has 0 atom stereocenters. The van der Waals surface area contributed by atoms with Crippen molar-refractivity contribution in [1.82, 2.24) is 0 Å². The molecule has 0 aliphatic heterocycles. The minimum atomic E-state index is -1.83. The second-order valence-electron chi connectivity index (χ2n) is 1.81. The van der Waals surface area contributed by atoms with Gasteiger partial charge in [0.2, 0.25) is 0 Å². The number of hydrogen-bond acceptors (Lipinski definition) is 3. The first-order chi connectivity index (χ1) is 5.65. The van der Waals surface area contributed by atoms with Gasteiger partial charge in [0.1, 0.15) is 0 Å². The Morgan fingerprint density at radius 1 is 1.08 bits per heavy atom. The largest absolute Gasteiger partial charge is 0.503 e. The summed E-state index contributed by atoms with van der Waals surface area (Å²) in [4.78, 5) is 8.56. The quantitative estimate of drug-likeness (QED) is 0.628. The van der Waals surface area contributed by atoms with Gasteiger partial charge in [-0.05, 0) is 12.8 Å². The molecular weight excluding hydrogens is 160 g/mol. The molecule has 12 heavy (non-hydrogen) atoms. The second kappa shape index (κ2) is 12.0. The zero-order valence-corrected chi connectivity index (χ0v) is 6.53. The first-order valence-electron chi connectivity index (χ1n) is 3.31. The Morgan fingerprint density at radius 3 is 1.50 bits per heavy atom. The van der Waals surface area contributed by atoms with Crippen LogP contribution in [0.1, 0.15) is 25.7 Å². The van der Waals surface area contributed by atoms with Gasteiger partial charge < -0.3 is 10.2 Å². The number of nitriles is 2. The van der Waals surface area contributed by atoms with Gasteiger partial charge in [-0.15, -0.1) is 0 Å². The maximum absolute atomic E-state index is 8.56. The van der Waals surface area contributed by atoms with Crippen molar-refractivity contribution in [3.05, 3.63) is 0 Å². The van der Waals surface area contributed by atoms with Crippen LogP contribution in [0.25, 0.3) is 0 Å². The van der Waals surface area contributed by atoms with E-state index in [2.05, 4.69) is 0 Å². The van der Waals surface area contributed by atoms with Crippen LogP contribution in [-0.4, -0.2) is 16.4 Å². The number of unbranched alkanes of at least 4 members (excludes halogenated alkanes) is 3. The van der Waals surface area contributed by atoms with E-state index in [4.69, 9.17) is 25.5 Å². The number of nitrogens with zero attached hydrogens (tertiary/aromatic N) is 2. The van der Waals surface area contributed by atoms with E-state index in [9.17, 15) is 0 Å². The maximum atomic E-state index is 8.56. The second-order valence-corrected chi connectivity index (χ2v) is 1.81. The van der Waals surface area contributed by atoms with Gasteiger partial charge in [-0.2, -0.15) is 10.5 Å². The van der Waals surface area contributed by atoms with Crippen molar-refractivity contribution in [2.24, 2.45) is 0 Å². The summed E-state index contributed by atoms with van der Waals surface area (Å²) in [5.74, 6) is 0. The van der Waals surface area contributed by atoms with Crippen molar-refractivity contribution < 1.29 is 15.0 Å². The fraction of sp³-hybridized carbons (Fsp3) is 0.571. The van der Waals surface area contributed by atoms with E-state index in [1.807, 2.05) is 12.1 Å². The topological polar surface area (TPSA) is 105 Å². The summed E-state index contributed by atoms with van der Waals surface area (Å²) in [5, 5.41) is 30.0. The molecule has 0 bridgehead atoms. The molecule has 0 amide bonds. The fourth-order valence-electron chi connectivity index (χ4n) is 0.408. The smallest absolute Gasteiger partial charge is 0.450 e. The summed E-state index contributed by atoms with van der Waals surface area (Å²) in [6.07, 6.45) is 1.07. The lowest BCUT2D eigenvalue weighted by Gasteiger charge is -1.83. The van der Waals surface area contributed by atoms with E-state index >= 15 is 0 Å². The Hall–Kier alpha value is -1.75. The first-order valence-corrected chi connectivity index (χ1v) is 3.31.